The van der Waals surface area contributed by atoms with Crippen LogP contribution in [0.25, 0.3) is 5.65 Å². The number of hydrogen-bond acceptors (Lipinski definition) is 2. The first-order valence-corrected chi connectivity index (χ1v) is 8.52. The third-order valence-electron chi connectivity index (χ3n) is 4.38. The molecule has 2 aromatic heterocycles. The van der Waals surface area contributed by atoms with Crippen molar-refractivity contribution in [1.82, 2.24) is 9.38 Å². The number of hydrogen-bond donors (Lipinski definition) is 1. The van der Waals surface area contributed by atoms with Crippen molar-refractivity contribution in [2.75, 3.05) is 5.32 Å². The summed E-state index contributed by atoms with van der Waals surface area (Å²) in [5.74, 6) is 0.0585. The van der Waals surface area contributed by atoms with E-state index in [4.69, 9.17) is 0 Å². The minimum Gasteiger partial charge on any atom is -0.325 e. The lowest BCUT2D eigenvalue weighted by molar-refractivity contribution is -0.120. The number of fused-ring (bicyclic) bond motifs is 3. The number of carbonyl (C=O) groups excluding carboxylic acids is 1. The van der Waals surface area contributed by atoms with Crippen molar-refractivity contribution in [2.45, 2.75) is 19.3 Å². The third kappa shape index (κ3) is 2.65. The maximum absolute atomic E-state index is 12.6. The highest BCUT2D eigenvalue weighted by Crippen LogP contribution is 2.28. The van der Waals surface area contributed by atoms with Crippen LogP contribution in [0.1, 0.15) is 17.8 Å². The molecule has 0 spiro atoms. The molecule has 1 amide bonds. The monoisotopic (exact) mass is 369 g/mol. The van der Waals surface area contributed by atoms with Crippen LogP contribution < -0.4 is 5.32 Å². The number of nitrogens with zero attached hydrogens (tertiary/aromatic N) is 2. The molecule has 1 aliphatic carbocycles. The maximum Gasteiger partial charge on any atom is 0.227 e. The van der Waals surface area contributed by atoms with Gasteiger partial charge in [0.15, 0.2) is 0 Å². The summed E-state index contributed by atoms with van der Waals surface area (Å²) in [6.07, 6.45) is 4.45. The Hall–Kier alpha value is -2.14. The highest BCUT2D eigenvalue weighted by atomic mass is 79.9. The topological polar surface area (TPSA) is 46.4 Å². The molecule has 5 heteroatoms. The molecule has 116 valence electrons. The largest absolute Gasteiger partial charge is 0.325 e. The van der Waals surface area contributed by atoms with E-state index in [2.05, 4.69) is 30.6 Å². The van der Waals surface area contributed by atoms with Gasteiger partial charge in [-0.15, -0.1) is 0 Å². The molecule has 0 radical (unpaired) electrons. The Bertz CT molecular complexity index is 887. The van der Waals surface area contributed by atoms with Gasteiger partial charge >= 0.3 is 0 Å². The number of carbonyl (C=O) groups is 1. The zero-order chi connectivity index (χ0) is 15.8. The van der Waals surface area contributed by atoms with Crippen molar-refractivity contribution in [1.29, 1.82) is 0 Å². The maximum atomic E-state index is 12.6. The third-order valence-corrected chi connectivity index (χ3v) is 5.08. The average molecular weight is 370 g/mol. The van der Waals surface area contributed by atoms with E-state index in [1.54, 1.807) is 0 Å². The summed E-state index contributed by atoms with van der Waals surface area (Å²) in [5, 5.41) is 3.04. The summed E-state index contributed by atoms with van der Waals surface area (Å²) in [4.78, 5) is 17.3. The van der Waals surface area contributed by atoms with Gasteiger partial charge in [0.1, 0.15) is 5.65 Å². The Morgan fingerprint density at radius 1 is 1.22 bits per heavy atom. The van der Waals surface area contributed by atoms with Crippen LogP contribution in [0, 0.1) is 5.92 Å². The van der Waals surface area contributed by atoms with Crippen molar-refractivity contribution in [3.8, 4) is 0 Å². The predicted octanol–water partition coefficient (Wildman–Crippen LogP) is 3.84. The van der Waals surface area contributed by atoms with Gasteiger partial charge in [0.05, 0.1) is 11.4 Å². The minimum absolute atomic E-state index is 0.0188. The number of aromatic nitrogens is 2. The molecule has 1 N–H and O–H groups in total. The smallest absolute Gasteiger partial charge is 0.227 e. The van der Waals surface area contributed by atoms with E-state index in [9.17, 15) is 4.79 Å². The number of halogens is 1. The first kappa shape index (κ1) is 14.5. The number of rotatable bonds is 2. The van der Waals surface area contributed by atoms with E-state index >= 15 is 0 Å². The van der Waals surface area contributed by atoms with Crippen molar-refractivity contribution in [2.24, 2.45) is 5.92 Å². The Labute approximate surface area is 142 Å². The Kier molecular flexibility index (Phi) is 3.65. The van der Waals surface area contributed by atoms with Crippen LogP contribution in [-0.4, -0.2) is 15.3 Å². The SMILES string of the molecule is O=C(Nc1ccccc1Br)C1CCc2nc3ccccn3c2C1. The molecule has 1 atom stereocenters. The molecule has 0 saturated carbocycles. The Balaban J connectivity index is 1.58. The molecular weight excluding hydrogens is 354 g/mol. The quantitative estimate of drug-likeness (QED) is 0.745. The van der Waals surface area contributed by atoms with E-state index in [0.717, 1.165) is 40.8 Å². The molecule has 1 aromatic carbocycles. The van der Waals surface area contributed by atoms with Crippen molar-refractivity contribution in [3.63, 3.8) is 0 Å². The first-order valence-electron chi connectivity index (χ1n) is 7.72. The number of amides is 1. The van der Waals surface area contributed by atoms with Crippen LogP contribution in [0.3, 0.4) is 0 Å². The molecular formula is C18H16BrN3O. The van der Waals surface area contributed by atoms with Gasteiger partial charge in [-0.3, -0.25) is 4.79 Å². The molecule has 4 rings (SSSR count). The molecule has 0 bridgehead atoms. The molecule has 1 aliphatic rings. The second-order valence-corrected chi connectivity index (χ2v) is 6.70. The summed E-state index contributed by atoms with van der Waals surface area (Å²) in [6.45, 7) is 0. The van der Waals surface area contributed by atoms with E-state index in [0.29, 0.717) is 0 Å². The summed E-state index contributed by atoms with van der Waals surface area (Å²) >= 11 is 3.47. The normalized spacial score (nSPS) is 17.0. The van der Waals surface area contributed by atoms with Crippen molar-refractivity contribution in [3.05, 3.63) is 64.5 Å². The summed E-state index contributed by atoms with van der Waals surface area (Å²) < 4.78 is 3.01. The fraction of sp³-hybridized carbons (Fsp3) is 0.222. The highest BCUT2D eigenvalue weighted by Gasteiger charge is 2.28. The fourth-order valence-electron chi connectivity index (χ4n) is 3.18. The number of nitrogens with one attached hydrogen (secondary N) is 1. The van der Waals surface area contributed by atoms with Crippen LogP contribution >= 0.6 is 15.9 Å². The van der Waals surface area contributed by atoms with Gasteiger partial charge in [-0.25, -0.2) is 4.98 Å². The highest BCUT2D eigenvalue weighted by molar-refractivity contribution is 9.10. The number of para-hydroxylation sites is 1. The van der Waals surface area contributed by atoms with Crippen molar-refractivity contribution < 1.29 is 4.79 Å². The summed E-state index contributed by atoms with van der Waals surface area (Å²) in [6, 6.07) is 13.7. The number of anilines is 1. The lowest BCUT2D eigenvalue weighted by Crippen LogP contribution is -2.28. The molecule has 1 unspecified atom stereocenters. The van der Waals surface area contributed by atoms with Gasteiger partial charge in [0.2, 0.25) is 5.91 Å². The van der Waals surface area contributed by atoms with Gasteiger partial charge in [-0.1, -0.05) is 18.2 Å². The van der Waals surface area contributed by atoms with Crippen LogP contribution in [0.15, 0.2) is 53.1 Å². The molecule has 0 fully saturated rings. The zero-order valence-electron chi connectivity index (χ0n) is 12.5. The summed E-state index contributed by atoms with van der Waals surface area (Å²) in [5.41, 5.74) is 4.08. The Morgan fingerprint density at radius 3 is 2.91 bits per heavy atom. The standard InChI is InChI=1S/C18H16BrN3O/c19-13-5-1-2-6-14(13)21-18(23)12-8-9-15-16(11-12)22-10-4-3-7-17(22)20-15/h1-7,10,12H,8-9,11H2,(H,21,23). The zero-order valence-corrected chi connectivity index (χ0v) is 14.1. The van der Waals surface area contributed by atoms with Crippen molar-refractivity contribution >= 4 is 33.2 Å². The van der Waals surface area contributed by atoms with Crippen LogP contribution in [-0.2, 0) is 17.6 Å². The van der Waals surface area contributed by atoms with E-state index < -0.39 is 0 Å². The van der Waals surface area contributed by atoms with Gasteiger partial charge in [0.25, 0.3) is 0 Å². The average Bonchev–Trinajstić information content (AvgIpc) is 2.94. The second kappa shape index (κ2) is 5.81. The van der Waals surface area contributed by atoms with E-state index in [1.165, 1.54) is 5.69 Å². The molecule has 4 nitrogen and oxygen atoms in total. The number of imidazole rings is 1. The number of benzene rings is 1. The molecule has 0 aliphatic heterocycles. The second-order valence-electron chi connectivity index (χ2n) is 5.84. The summed E-state index contributed by atoms with van der Waals surface area (Å²) in [7, 11) is 0. The predicted molar refractivity (Wildman–Crippen MR) is 93.5 cm³/mol. The first-order chi connectivity index (χ1) is 11.2. The van der Waals surface area contributed by atoms with Crippen LogP contribution in [0.2, 0.25) is 0 Å². The molecule has 2 heterocycles. The molecule has 0 saturated heterocycles. The van der Waals surface area contributed by atoms with Crippen LogP contribution in [0.4, 0.5) is 5.69 Å². The number of pyridine rings is 1. The van der Waals surface area contributed by atoms with Gasteiger partial charge in [-0.2, -0.15) is 0 Å². The van der Waals surface area contributed by atoms with Crippen LogP contribution in [0.5, 0.6) is 0 Å². The Morgan fingerprint density at radius 2 is 2.04 bits per heavy atom. The molecule has 23 heavy (non-hydrogen) atoms. The van der Waals surface area contributed by atoms with E-state index in [1.807, 2.05) is 48.7 Å². The fourth-order valence-corrected chi connectivity index (χ4v) is 3.56. The van der Waals surface area contributed by atoms with Gasteiger partial charge < -0.3 is 9.72 Å². The minimum atomic E-state index is -0.0188. The van der Waals surface area contributed by atoms with Gasteiger partial charge in [-0.05, 0) is 53.0 Å². The number of aryl methyl sites for hydroxylation is 1. The molecule has 3 aromatic rings. The van der Waals surface area contributed by atoms with Gasteiger partial charge in [0, 0.05) is 28.7 Å². The van der Waals surface area contributed by atoms with E-state index in [-0.39, 0.29) is 11.8 Å². The lowest BCUT2D eigenvalue weighted by atomic mass is 9.89. The lowest BCUT2D eigenvalue weighted by Gasteiger charge is -2.21.